The minimum atomic E-state index is -2.04. The zero-order chi connectivity index (χ0) is 61.5. The molecule has 0 spiro atoms. The molecule has 10 aliphatic rings. The van der Waals surface area contributed by atoms with Gasteiger partial charge in [-0.1, -0.05) is 39.3 Å². The zero-order valence-electron chi connectivity index (χ0n) is 48.6. The summed E-state index contributed by atoms with van der Waals surface area (Å²) >= 11 is 0. The van der Waals surface area contributed by atoms with Crippen molar-refractivity contribution in [2.45, 2.75) is 264 Å². The molecule has 9 fully saturated rings. The van der Waals surface area contributed by atoms with Crippen molar-refractivity contribution >= 4 is 0 Å². The fraction of sp³-hybridized carbons (Fsp3) is 0.965. The van der Waals surface area contributed by atoms with Gasteiger partial charge in [0.2, 0.25) is 0 Å². The normalized spacial score (nSPS) is 54.8. The highest BCUT2D eigenvalue weighted by Crippen LogP contribution is 2.70. The molecule has 490 valence electrons. The second-order valence-electron chi connectivity index (χ2n) is 26.6. The van der Waals surface area contributed by atoms with E-state index < -0.39 is 192 Å². The van der Waals surface area contributed by atoms with E-state index in [1.807, 2.05) is 6.92 Å². The van der Waals surface area contributed by atoms with Crippen LogP contribution in [0.25, 0.3) is 0 Å². The summed E-state index contributed by atoms with van der Waals surface area (Å²) in [5.41, 5.74) is 0.892. The lowest BCUT2D eigenvalue weighted by Crippen LogP contribution is -2.67. The largest absolute Gasteiger partial charge is 0.394 e. The first-order valence-corrected chi connectivity index (χ1v) is 30.4. The van der Waals surface area contributed by atoms with Crippen molar-refractivity contribution in [3.8, 4) is 0 Å². The van der Waals surface area contributed by atoms with Crippen LogP contribution in [0.2, 0.25) is 0 Å². The molecule has 6 saturated heterocycles. The first kappa shape index (κ1) is 66.5. The van der Waals surface area contributed by atoms with Gasteiger partial charge >= 0.3 is 0 Å². The molecule has 36 atom stereocenters. The monoisotopic (exact) mass is 1230 g/mol. The molecule has 3 saturated carbocycles. The van der Waals surface area contributed by atoms with Crippen molar-refractivity contribution in [2.75, 3.05) is 33.0 Å². The number of hydrogen-bond acceptors (Lipinski definition) is 28. The van der Waals surface area contributed by atoms with Gasteiger partial charge in [-0.3, -0.25) is 0 Å². The third-order valence-corrected chi connectivity index (χ3v) is 21.6. The van der Waals surface area contributed by atoms with Crippen LogP contribution in [0.4, 0.5) is 0 Å². The summed E-state index contributed by atoms with van der Waals surface area (Å²) in [5.74, 6) is -0.535. The highest BCUT2D eigenvalue weighted by Gasteiger charge is 2.68. The standard InChI is InChI=1S/C57H94O28/c1-21(20-75-50-42(69)39(66)36(63)30(16-58)78-50)8-13-57(74)22(2)34-29(85-57)15-28-26-7-6-24-14-25(9-11-55(24,4)27(26)10-12-56(28,34)5)77-54-49(84-51-43(70)38(65)35(62)23(3)76-51)46(73)48(33(19-61)81-54)83-53-45(72)41(68)47(32(18-60)80-53)82-52-44(71)40(67)37(64)31(17-59)79-52/h6,21-23,25-54,58-74H,7-20H2,1-5H3/t21-,22+,23+,25+,26-,27+,28+,29+,30-,31-,32-,33-,34+,35+,36-,37-,38-,39+,40+,41-,42-,43-,44-,45-,46+,47-,48-,49-,50-,51+,52+,53+,54-,55+,56+,57-/m1/s1. The van der Waals surface area contributed by atoms with E-state index in [0.717, 1.165) is 32.1 Å². The van der Waals surface area contributed by atoms with Gasteiger partial charge in [0, 0.05) is 12.3 Å². The fourth-order valence-corrected chi connectivity index (χ4v) is 16.5. The molecule has 0 aromatic carbocycles. The molecule has 0 radical (unpaired) electrons. The van der Waals surface area contributed by atoms with E-state index in [1.54, 1.807) is 0 Å². The first-order chi connectivity index (χ1) is 40.2. The van der Waals surface area contributed by atoms with Crippen LogP contribution in [-0.4, -0.2) is 291 Å². The van der Waals surface area contributed by atoms with Crippen LogP contribution in [0.1, 0.15) is 92.4 Å². The second kappa shape index (κ2) is 26.3. The molecular weight excluding hydrogens is 1130 g/mol. The molecule has 4 aliphatic carbocycles. The SMILES string of the molecule is C[C@H](CC[C@@]1(O)O[C@H]2C[C@H]3[C@@H]4CC=C5C[C@@H](O[C@@H]6O[C@H](CO)[C@@H](O[C@@H]7O[C@H](CO)[C@@H](O[C@@H]8O[C@H](CO)[C@@H](O)[C@H](O)[C@H]8O)[C@H](O)[C@H]7O)[C@H](O)[C@H]6O[C@@H]6O[C@@H](C)[C@H](O)[C@@H](O)[C@H]6O)CC[C@]5(C)[C@H]4CC[C@]3(C)[C@H]2[C@@H]1C)CO[C@@H]1O[C@H](CO)[C@@H](O)[C@H](O)[C@H]1O. The molecule has 0 aromatic rings. The van der Waals surface area contributed by atoms with Crippen LogP contribution in [0.3, 0.4) is 0 Å². The van der Waals surface area contributed by atoms with Crippen molar-refractivity contribution < 1.29 is 139 Å². The van der Waals surface area contributed by atoms with Gasteiger partial charge in [-0.2, -0.15) is 0 Å². The number of hydrogen-bond donors (Lipinski definition) is 17. The molecule has 0 bridgehead atoms. The van der Waals surface area contributed by atoms with Gasteiger partial charge in [0.15, 0.2) is 37.2 Å². The van der Waals surface area contributed by atoms with Crippen molar-refractivity contribution in [2.24, 2.45) is 46.3 Å². The van der Waals surface area contributed by atoms with Crippen LogP contribution in [-0.2, 0) is 52.1 Å². The minimum absolute atomic E-state index is 0.104. The Hall–Kier alpha value is -1.38. The summed E-state index contributed by atoms with van der Waals surface area (Å²) in [7, 11) is 0. The average molecular weight is 1230 g/mol. The number of allylic oxidation sites excluding steroid dienone is 1. The van der Waals surface area contributed by atoms with E-state index in [0.29, 0.717) is 43.4 Å². The summed E-state index contributed by atoms with van der Waals surface area (Å²) in [5, 5.41) is 182. The highest BCUT2D eigenvalue weighted by molar-refractivity contribution is 5.26. The van der Waals surface area contributed by atoms with Crippen molar-refractivity contribution in [1.82, 2.24) is 0 Å². The van der Waals surface area contributed by atoms with Crippen LogP contribution in [0, 0.1) is 46.3 Å². The van der Waals surface area contributed by atoms with Gasteiger partial charge in [0.05, 0.1) is 51.3 Å². The number of aliphatic hydroxyl groups is 17. The maximum absolute atomic E-state index is 12.3. The van der Waals surface area contributed by atoms with Crippen LogP contribution in [0.15, 0.2) is 11.6 Å². The Balaban J connectivity index is 0.792. The zero-order valence-corrected chi connectivity index (χ0v) is 48.6. The Labute approximate surface area is 492 Å². The Morgan fingerprint density at radius 2 is 1.07 bits per heavy atom. The maximum atomic E-state index is 12.3. The summed E-state index contributed by atoms with van der Waals surface area (Å²) in [6, 6.07) is 0. The van der Waals surface area contributed by atoms with Gasteiger partial charge in [-0.15, -0.1) is 0 Å². The summed E-state index contributed by atoms with van der Waals surface area (Å²) in [4.78, 5) is 0. The predicted octanol–water partition coefficient (Wildman–Crippen LogP) is -5.18. The molecule has 6 heterocycles. The maximum Gasteiger partial charge on any atom is 0.187 e. The van der Waals surface area contributed by atoms with Gasteiger partial charge < -0.3 is 139 Å². The predicted molar refractivity (Wildman–Crippen MR) is 283 cm³/mol. The molecule has 0 aromatic heterocycles. The summed E-state index contributed by atoms with van der Waals surface area (Å²) in [6.45, 7) is 7.20. The second-order valence-corrected chi connectivity index (χ2v) is 26.6. The number of fused-ring (bicyclic) bond motifs is 7. The van der Waals surface area contributed by atoms with Gasteiger partial charge in [0.1, 0.15) is 116 Å². The summed E-state index contributed by atoms with van der Waals surface area (Å²) in [6.07, 6.45) is -32.9. The van der Waals surface area contributed by atoms with E-state index in [2.05, 4.69) is 26.8 Å². The number of ether oxygens (including phenoxy) is 11. The van der Waals surface area contributed by atoms with Crippen molar-refractivity contribution in [3.63, 3.8) is 0 Å². The quantitative estimate of drug-likeness (QED) is 0.0571. The lowest BCUT2D eigenvalue weighted by atomic mass is 9.47. The van der Waals surface area contributed by atoms with E-state index in [4.69, 9.17) is 52.1 Å². The molecule has 0 unspecified atom stereocenters. The Morgan fingerprint density at radius 1 is 0.553 bits per heavy atom. The third kappa shape index (κ3) is 12.2. The number of aliphatic hydroxyl groups excluding tert-OH is 16. The van der Waals surface area contributed by atoms with E-state index in [-0.39, 0.29) is 41.3 Å². The smallest absolute Gasteiger partial charge is 0.187 e. The van der Waals surface area contributed by atoms with Crippen LogP contribution >= 0.6 is 0 Å². The molecule has 17 N–H and O–H groups in total. The Morgan fingerprint density at radius 3 is 1.68 bits per heavy atom. The highest BCUT2D eigenvalue weighted by atomic mass is 16.8. The van der Waals surface area contributed by atoms with E-state index in [1.165, 1.54) is 12.5 Å². The molecule has 28 heteroatoms. The Kier molecular flexibility index (Phi) is 20.6. The Bertz CT molecular complexity index is 2230. The van der Waals surface area contributed by atoms with Gasteiger partial charge in [0.25, 0.3) is 0 Å². The van der Waals surface area contributed by atoms with Gasteiger partial charge in [-0.25, -0.2) is 0 Å². The molecule has 0 amide bonds. The lowest BCUT2D eigenvalue weighted by Gasteiger charge is -2.58. The molecule has 85 heavy (non-hydrogen) atoms. The van der Waals surface area contributed by atoms with Crippen molar-refractivity contribution in [1.29, 1.82) is 0 Å². The minimum Gasteiger partial charge on any atom is -0.394 e. The first-order valence-electron chi connectivity index (χ1n) is 30.4. The topological polar surface area (TPSA) is 445 Å². The summed E-state index contributed by atoms with van der Waals surface area (Å²) < 4.78 is 66.1. The van der Waals surface area contributed by atoms with Crippen molar-refractivity contribution in [3.05, 3.63) is 11.6 Å². The van der Waals surface area contributed by atoms with E-state index in [9.17, 15) is 86.8 Å². The molecule has 6 aliphatic heterocycles. The van der Waals surface area contributed by atoms with Gasteiger partial charge in [-0.05, 0) is 98.7 Å². The number of rotatable bonds is 18. The molecular formula is C57H94O28. The third-order valence-electron chi connectivity index (χ3n) is 21.6. The van der Waals surface area contributed by atoms with Crippen LogP contribution < -0.4 is 0 Å². The van der Waals surface area contributed by atoms with E-state index >= 15 is 0 Å². The lowest BCUT2D eigenvalue weighted by molar-refractivity contribution is -0.396. The van der Waals surface area contributed by atoms with Crippen LogP contribution in [0.5, 0.6) is 0 Å². The molecule has 28 nitrogen and oxygen atoms in total. The average Bonchev–Trinajstić information content (AvgIpc) is 1.60. The fourth-order valence-electron chi connectivity index (χ4n) is 16.5. The molecule has 10 rings (SSSR count).